The fourth-order valence-electron chi connectivity index (χ4n) is 4.53. The molecule has 1 aromatic heterocycles. The first-order valence-electron chi connectivity index (χ1n) is 10.2. The highest BCUT2D eigenvalue weighted by Crippen LogP contribution is 2.39. The van der Waals surface area contributed by atoms with E-state index >= 15 is 0 Å². The average molecular weight is 435 g/mol. The van der Waals surface area contributed by atoms with Crippen LogP contribution in [0.4, 0.5) is 23.8 Å². The summed E-state index contributed by atoms with van der Waals surface area (Å²) in [6.45, 7) is 3.80. The summed E-state index contributed by atoms with van der Waals surface area (Å²) in [7, 11) is 0. The summed E-state index contributed by atoms with van der Waals surface area (Å²) in [5, 5.41) is 18.9. The number of hydrogen-bond acceptors (Lipinski definition) is 5. The van der Waals surface area contributed by atoms with E-state index in [9.17, 15) is 23.1 Å². The maximum absolute atomic E-state index is 12.9. The second kappa shape index (κ2) is 7.90. The van der Waals surface area contributed by atoms with Crippen LogP contribution < -0.4 is 10.6 Å². The van der Waals surface area contributed by atoms with Crippen molar-refractivity contribution in [1.29, 1.82) is 0 Å². The Morgan fingerprint density at radius 1 is 1.23 bits per heavy atom. The molecule has 0 unspecified atom stereocenters. The van der Waals surface area contributed by atoms with Crippen molar-refractivity contribution >= 4 is 11.8 Å². The SMILES string of the molecule is Cc1c(-c2ccc(C(F)(F)F)cc2O)nnc2c1CCCN2[C@@H]1CCCN(C(N)=O)C1. The standard InChI is InChI=1S/C21H24F3N5O2/c1-12-15-5-3-9-29(14-4-2-8-28(11-14)20(25)31)19(15)27-26-18(12)16-7-6-13(10-17(16)30)21(22,23)24/h6-7,10,14,30H,2-5,8-9,11H2,1H3,(H2,25,31)/t14-/m1/s1. The molecule has 10 heteroatoms. The number of fused-ring (bicyclic) bond motifs is 1. The zero-order valence-electron chi connectivity index (χ0n) is 17.1. The van der Waals surface area contributed by atoms with E-state index in [0.717, 1.165) is 55.2 Å². The van der Waals surface area contributed by atoms with Gasteiger partial charge in [0, 0.05) is 36.8 Å². The Balaban J connectivity index is 1.68. The fourth-order valence-corrected chi connectivity index (χ4v) is 4.53. The number of alkyl halides is 3. The minimum Gasteiger partial charge on any atom is -0.507 e. The van der Waals surface area contributed by atoms with Crippen LogP contribution in [-0.4, -0.2) is 51.9 Å². The largest absolute Gasteiger partial charge is 0.507 e. The van der Waals surface area contributed by atoms with Gasteiger partial charge in [-0.15, -0.1) is 10.2 Å². The highest BCUT2D eigenvalue weighted by atomic mass is 19.4. The molecule has 0 bridgehead atoms. The molecule has 1 fully saturated rings. The summed E-state index contributed by atoms with van der Waals surface area (Å²) < 4.78 is 38.8. The molecule has 0 saturated carbocycles. The van der Waals surface area contributed by atoms with E-state index < -0.39 is 23.5 Å². The Kier molecular flexibility index (Phi) is 5.40. The minimum atomic E-state index is -4.54. The highest BCUT2D eigenvalue weighted by molar-refractivity contribution is 5.74. The summed E-state index contributed by atoms with van der Waals surface area (Å²) in [4.78, 5) is 15.4. The number of amides is 2. The molecule has 0 radical (unpaired) electrons. The summed E-state index contributed by atoms with van der Waals surface area (Å²) in [5.74, 6) is 0.249. The topological polar surface area (TPSA) is 95.6 Å². The Morgan fingerprint density at radius 3 is 2.68 bits per heavy atom. The maximum Gasteiger partial charge on any atom is 0.416 e. The number of anilines is 1. The van der Waals surface area contributed by atoms with Crippen molar-refractivity contribution < 1.29 is 23.1 Å². The molecular formula is C21H24F3N5O2. The van der Waals surface area contributed by atoms with Gasteiger partial charge in [-0.05, 0) is 56.4 Å². The Morgan fingerprint density at radius 2 is 2.00 bits per heavy atom. The number of likely N-dealkylation sites (tertiary alicyclic amines) is 1. The quantitative estimate of drug-likeness (QED) is 0.753. The lowest BCUT2D eigenvalue weighted by Gasteiger charge is -2.42. The number of carbonyl (C=O) groups is 1. The predicted octanol–water partition coefficient (Wildman–Crippen LogP) is 3.47. The van der Waals surface area contributed by atoms with E-state index in [4.69, 9.17) is 5.73 Å². The van der Waals surface area contributed by atoms with Gasteiger partial charge < -0.3 is 20.6 Å². The number of nitrogens with zero attached hydrogens (tertiary/aromatic N) is 4. The molecule has 2 aliphatic heterocycles. The number of phenols is 1. The molecule has 3 N–H and O–H groups in total. The number of nitrogens with two attached hydrogens (primary N) is 1. The van der Waals surface area contributed by atoms with E-state index in [-0.39, 0.29) is 11.6 Å². The second-order valence-electron chi connectivity index (χ2n) is 8.08. The van der Waals surface area contributed by atoms with Crippen LogP contribution in [0.3, 0.4) is 0 Å². The Labute approximate surface area is 177 Å². The molecule has 2 aromatic rings. The summed E-state index contributed by atoms with van der Waals surface area (Å²) in [6, 6.07) is 2.52. The van der Waals surface area contributed by atoms with Crippen LogP contribution in [0.25, 0.3) is 11.3 Å². The van der Waals surface area contributed by atoms with Gasteiger partial charge in [0.2, 0.25) is 0 Å². The zero-order chi connectivity index (χ0) is 22.3. The molecule has 1 atom stereocenters. The molecule has 0 aliphatic carbocycles. The summed E-state index contributed by atoms with van der Waals surface area (Å²) in [5.41, 5.74) is 6.88. The molecule has 0 spiro atoms. The van der Waals surface area contributed by atoms with Crippen molar-refractivity contribution in [2.45, 2.75) is 44.8 Å². The van der Waals surface area contributed by atoms with Crippen LogP contribution in [0.5, 0.6) is 5.75 Å². The number of halogens is 3. The summed E-state index contributed by atoms with van der Waals surface area (Å²) >= 11 is 0. The first-order valence-corrected chi connectivity index (χ1v) is 10.2. The Bertz CT molecular complexity index is 1010. The van der Waals surface area contributed by atoms with Crippen molar-refractivity contribution in [2.24, 2.45) is 5.73 Å². The number of aromatic nitrogens is 2. The fraction of sp³-hybridized carbons (Fsp3) is 0.476. The Hall–Kier alpha value is -3.04. The monoisotopic (exact) mass is 435 g/mol. The van der Waals surface area contributed by atoms with Gasteiger partial charge in [0.1, 0.15) is 5.75 Å². The van der Waals surface area contributed by atoms with Gasteiger partial charge in [0.05, 0.1) is 11.3 Å². The maximum atomic E-state index is 12.9. The molecule has 31 heavy (non-hydrogen) atoms. The normalized spacial score (nSPS) is 19.3. The molecule has 2 aliphatic rings. The van der Waals surface area contributed by atoms with Crippen LogP contribution in [-0.2, 0) is 12.6 Å². The van der Waals surface area contributed by atoms with Crippen LogP contribution in [0.15, 0.2) is 18.2 Å². The number of urea groups is 1. The lowest BCUT2D eigenvalue weighted by molar-refractivity contribution is -0.137. The van der Waals surface area contributed by atoms with Crippen LogP contribution in [0.2, 0.25) is 0 Å². The van der Waals surface area contributed by atoms with E-state index in [1.807, 2.05) is 6.92 Å². The molecule has 1 aromatic carbocycles. The zero-order valence-corrected chi connectivity index (χ0v) is 17.1. The van der Waals surface area contributed by atoms with E-state index in [1.165, 1.54) is 6.07 Å². The third-order valence-corrected chi connectivity index (χ3v) is 6.15. The van der Waals surface area contributed by atoms with Crippen molar-refractivity contribution in [3.63, 3.8) is 0 Å². The van der Waals surface area contributed by atoms with Gasteiger partial charge in [-0.1, -0.05) is 0 Å². The number of rotatable bonds is 2. The van der Waals surface area contributed by atoms with E-state index in [2.05, 4.69) is 15.1 Å². The summed E-state index contributed by atoms with van der Waals surface area (Å²) in [6.07, 6.45) is -1.14. The molecule has 7 nitrogen and oxygen atoms in total. The van der Waals surface area contributed by atoms with Crippen molar-refractivity contribution in [3.8, 4) is 17.0 Å². The van der Waals surface area contributed by atoms with Gasteiger partial charge in [0.15, 0.2) is 5.82 Å². The van der Waals surface area contributed by atoms with Gasteiger partial charge >= 0.3 is 12.2 Å². The first-order chi connectivity index (χ1) is 14.7. The smallest absolute Gasteiger partial charge is 0.416 e. The third-order valence-electron chi connectivity index (χ3n) is 6.15. The number of hydrogen-bond donors (Lipinski definition) is 2. The third kappa shape index (κ3) is 3.98. The van der Waals surface area contributed by atoms with Crippen LogP contribution in [0, 0.1) is 6.92 Å². The molecule has 4 rings (SSSR count). The number of carbonyl (C=O) groups excluding carboxylic acids is 1. The second-order valence-corrected chi connectivity index (χ2v) is 8.08. The van der Waals surface area contributed by atoms with Crippen molar-refractivity contribution in [1.82, 2.24) is 15.1 Å². The van der Waals surface area contributed by atoms with Crippen molar-refractivity contribution in [3.05, 3.63) is 34.9 Å². The van der Waals surface area contributed by atoms with Gasteiger partial charge in [-0.25, -0.2) is 4.79 Å². The van der Waals surface area contributed by atoms with E-state index in [1.54, 1.807) is 4.90 Å². The molecular weight excluding hydrogens is 411 g/mol. The average Bonchev–Trinajstić information content (AvgIpc) is 2.73. The molecule has 3 heterocycles. The number of phenolic OH excluding ortho intramolecular Hbond substituents is 1. The van der Waals surface area contributed by atoms with E-state index in [0.29, 0.717) is 24.8 Å². The minimum absolute atomic E-state index is 0.0827. The molecule has 2 amide bonds. The number of benzene rings is 1. The van der Waals surface area contributed by atoms with Gasteiger partial charge in [0.25, 0.3) is 0 Å². The molecule has 1 saturated heterocycles. The number of primary amides is 1. The van der Waals surface area contributed by atoms with Crippen LogP contribution in [0.1, 0.15) is 36.0 Å². The number of piperidine rings is 1. The predicted molar refractivity (Wildman–Crippen MR) is 109 cm³/mol. The molecule has 166 valence electrons. The first kappa shape index (κ1) is 21.2. The van der Waals surface area contributed by atoms with Gasteiger partial charge in [-0.2, -0.15) is 13.2 Å². The highest BCUT2D eigenvalue weighted by Gasteiger charge is 2.33. The van der Waals surface area contributed by atoms with Crippen molar-refractivity contribution in [2.75, 3.05) is 24.5 Å². The number of aromatic hydroxyl groups is 1. The van der Waals surface area contributed by atoms with Gasteiger partial charge in [-0.3, -0.25) is 0 Å². The van der Waals surface area contributed by atoms with Crippen LogP contribution >= 0.6 is 0 Å². The lowest BCUT2D eigenvalue weighted by atomic mass is 9.94. The lowest BCUT2D eigenvalue weighted by Crippen LogP contribution is -2.52.